The minimum atomic E-state index is 0.171. The number of hydrogen-bond donors (Lipinski definition) is 1. The Bertz CT molecular complexity index is 443. The van der Waals surface area contributed by atoms with Crippen molar-refractivity contribution in [3.63, 3.8) is 0 Å². The number of carbonyl (C=O) groups excluding carboxylic acids is 1. The van der Waals surface area contributed by atoms with Gasteiger partial charge in [0.25, 0.3) is 0 Å². The molecule has 0 bridgehead atoms. The molecule has 3 heteroatoms. The summed E-state index contributed by atoms with van der Waals surface area (Å²) in [5.41, 5.74) is 2.73. The van der Waals surface area contributed by atoms with E-state index < -0.39 is 0 Å². The van der Waals surface area contributed by atoms with Gasteiger partial charge in [0.15, 0.2) is 0 Å². The van der Waals surface area contributed by atoms with Gasteiger partial charge in [-0.1, -0.05) is 31.2 Å². The highest BCUT2D eigenvalue weighted by atomic mass is 16.2. The average molecular weight is 258 g/mol. The van der Waals surface area contributed by atoms with Gasteiger partial charge in [-0.15, -0.1) is 0 Å². The third-order valence-electron chi connectivity index (χ3n) is 4.35. The number of fused-ring (bicyclic) bond motifs is 1. The first-order valence-corrected chi connectivity index (χ1v) is 7.37. The van der Waals surface area contributed by atoms with Crippen LogP contribution >= 0.6 is 0 Å². The first-order chi connectivity index (χ1) is 9.29. The summed E-state index contributed by atoms with van der Waals surface area (Å²) in [5, 5.41) is 3.27. The zero-order valence-corrected chi connectivity index (χ0v) is 11.6. The molecule has 1 N–H and O–H groups in total. The van der Waals surface area contributed by atoms with Crippen LogP contribution in [0.4, 0.5) is 0 Å². The normalized spacial score (nSPS) is 19.0. The molecule has 1 saturated heterocycles. The highest BCUT2D eigenvalue weighted by Gasteiger charge is 2.35. The second kappa shape index (κ2) is 5.33. The Balaban J connectivity index is 1.70. The van der Waals surface area contributed by atoms with Crippen molar-refractivity contribution in [3.05, 3.63) is 35.4 Å². The number of rotatable bonds is 4. The molecule has 1 aliphatic heterocycles. The van der Waals surface area contributed by atoms with Crippen LogP contribution in [0.3, 0.4) is 0 Å². The zero-order valence-electron chi connectivity index (χ0n) is 11.6. The highest BCUT2D eigenvalue weighted by Crippen LogP contribution is 2.28. The molecule has 1 aromatic carbocycles. The number of nitrogens with one attached hydrogen (secondary N) is 1. The molecule has 3 nitrogen and oxygen atoms in total. The van der Waals surface area contributed by atoms with E-state index in [1.807, 2.05) is 0 Å². The van der Waals surface area contributed by atoms with Crippen LogP contribution in [0.1, 0.15) is 24.5 Å². The Labute approximate surface area is 115 Å². The second-order valence-corrected chi connectivity index (χ2v) is 5.72. The van der Waals surface area contributed by atoms with E-state index in [1.165, 1.54) is 11.1 Å². The average Bonchev–Trinajstić information content (AvgIpc) is 2.79. The van der Waals surface area contributed by atoms with Gasteiger partial charge in [-0.3, -0.25) is 4.79 Å². The summed E-state index contributed by atoms with van der Waals surface area (Å²) in [6.07, 6.45) is 2.90. The molecule has 0 spiro atoms. The maximum atomic E-state index is 12.7. The van der Waals surface area contributed by atoms with Crippen molar-refractivity contribution in [2.24, 2.45) is 5.92 Å². The number of hydrogen-bond acceptors (Lipinski definition) is 2. The van der Waals surface area contributed by atoms with Crippen LogP contribution in [-0.4, -0.2) is 36.5 Å². The smallest absolute Gasteiger partial charge is 0.226 e. The molecule has 0 unspecified atom stereocenters. The Morgan fingerprint density at radius 2 is 1.89 bits per heavy atom. The molecule has 102 valence electrons. The third-order valence-corrected chi connectivity index (χ3v) is 4.35. The molecule has 1 aliphatic carbocycles. The predicted molar refractivity (Wildman–Crippen MR) is 76.0 cm³/mol. The lowest BCUT2D eigenvalue weighted by molar-refractivity contribution is -0.138. The molecule has 0 atom stereocenters. The van der Waals surface area contributed by atoms with Gasteiger partial charge in [0.05, 0.1) is 6.04 Å². The van der Waals surface area contributed by atoms with Crippen molar-refractivity contribution in [2.45, 2.75) is 32.2 Å². The quantitative estimate of drug-likeness (QED) is 0.890. The van der Waals surface area contributed by atoms with E-state index in [2.05, 4.69) is 41.4 Å². The molecule has 1 heterocycles. The number of benzene rings is 1. The van der Waals surface area contributed by atoms with Gasteiger partial charge in [0.1, 0.15) is 0 Å². The fourth-order valence-corrected chi connectivity index (χ4v) is 3.18. The van der Waals surface area contributed by atoms with E-state index in [-0.39, 0.29) is 5.92 Å². The van der Waals surface area contributed by atoms with Crippen LogP contribution in [-0.2, 0) is 17.6 Å². The summed E-state index contributed by atoms with van der Waals surface area (Å²) in [6.45, 7) is 4.98. The fourth-order valence-electron chi connectivity index (χ4n) is 3.18. The van der Waals surface area contributed by atoms with Crippen LogP contribution in [0.25, 0.3) is 0 Å². The van der Waals surface area contributed by atoms with Gasteiger partial charge in [0.2, 0.25) is 5.91 Å². The molecule has 0 radical (unpaired) electrons. The molecular weight excluding hydrogens is 236 g/mol. The minimum absolute atomic E-state index is 0.171. The summed E-state index contributed by atoms with van der Waals surface area (Å²) in [7, 11) is 0. The monoisotopic (exact) mass is 258 g/mol. The first-order valence-electron chi connectivity index (χ1n) is 7.37. The summed E-state index contributed by atoms with van der Waals surface area (Å²) in [5.74, 6) is 0.536. The zero-order chi connectivity index (χ0) is 13.2. The van der Waals surface area contributed by atoms with Gasteiger partial charge in [-0.05, 0) is 30.4 Å². The van der Waals surface area contributed by atoms with E-state index in [4.69, 9.17) is 0 Å². The van der Waals surface area contributed by atoms with E-state index in [9.17, 15) is 4.79 Å². The van der Waals surface area contributed by atoms with Crippen LogP contribution in [0.2, 0.25) is 0 Å². The van der Waals surface area contributed by atoms with Gasteiger partial charge in [0, 0.05) is 25.6 Å². The van der Waals surface area contributed by atoms with Gasteiger partial charge >= 0.3 is 0 Å². The highest BCUT2D eigenvalue weighted by molar-refractivity contribution is 5.81. The molecular formula is C16H22N2O. The molecule has 3 rings (SSSR count). The molecule has 19 heavy (non-hydrogen) atoms. The number of carbonyl (C=O) groups is 1. The Morgan fingerprint density at radius 1 is 1.26 bits per heavy atom. The predicted octanol–water partition coefficient (Wildman–Crippen LogP) is 1.61. The number of amides is 1. The molecule has 1 amide bonds. The maximum Gasteiger partial charge on any atom is 0.226 e. The van der Waals surface area contributed by atoms with E-state index >= 15 is 0 Å². The Hall–Kier alpha value is -1.35. The molecule has 0 aromatic heterocycles. The summed E-state index contributed by atoms with van der Waals surface area (Å²) in [6, 6.07) is 8.91. The lowest BCUT2D eigenvalue weighted by Gasteiger charge is -2.39. The summed E-state index contributed by atoms with van der Waals surface area (Å²) < 4.78 is 0. The third kappa shape index (κ3) is 2.39. The van der Waals surface area contributed by atoms with Crippen molar-refractivity contribution in [2.75, 3.05) is 19.6 Å². The van der Waals surface area contributed by atoms with E-state index in [1.54, 1.807) is 0 Å². The van der Waals surface area contributed by atoms with Gasteiger partial charge in [-0.2, -0.15) is 0 Å². The molecule has 2 aliphatic rings. The van der Waals surface area contributed by atoms with Crippen LogP contribution < -0.4 is 5.32 Å². The molecule has 0 saturated carbocycles. The fraction of sp³-hybridized carbons (Fsp3) is 0.562. The topological polar surface area (TPSA) is 32.3 Å². The van der Waals surface area contributed by atoms with Crippen LogP contribution in [0.15, 0.2) is 24.3 Å². The summed E-state index contributed by atoms with van der Waals surface area (Å²) >= 11 is 0. The maximum absolute atomic E-state index is 12.7. The minimum Gasteiger partial charge on any atom is -0.337 e. The summed E-state index contributed by atoms with van der Waals surface area (Å²) in [4.78, 5) is 14.9. The largest absolute Gasteiger partial charge is 0.337 e. The van der Waals surface area contributed by atoms with Gasteiger partial charge in [-0.25, -0.2) is 0 Å². The van der Waals surface area contributed by atoms with Crippen molar-refractivity contribution in [1.29, 1.82) is 0 Å². The van der Waals surface area contributed by atoms with E-state index in [0.29, 0.717) is 11.9 Å². The second-order valence-electron chi connectivity index (χ2n) is 5.72. The van der Waals surface area contributed by atoms with Crippen molar-refractivity contribution >= 4 is 5.91 Å². The number of nitrogens with zero attached hydrogens (tertiary/aromatic N) is 1. The Morgan fingerprint density at radius 3 is 2.37 bits per heavy atom. The standard InChI is InChI=1S/C16H22N2O/c1-2-7-18(15-10-17-11-15)16(19)14-8-12-5-3-4-6-13(12)9-14/h3-6,14-15,17H,2,7-11H2,1H3. The van der Waals surface area contributed by atoms with Crippen molar-refractivity contribution in [1.82, 2.24) is 10.2 Å². The lowest BCUT2D eigenvalue weighted by Crippen LogP contribution is -2.60. The Kier molecular flexibility index (Phi) is 3.56. The lowest BCUT2D eigenvalue weighted by atomic mass is 10.0. The van der Waals surface area contributed by atoms with Crippen molar-refractivity contribution in [3.8, 4) is 0 Å². The van der Waals surface area contributed by atoms with Crippen molar-refractivity contribution < 1.29 is 4.79 Å². The van der Waals surface area contributed by atoms with Crippen LogP contribution in [0.5, 0.6) is 0 Å². The van der Waals surface area contributed by atoms with E-state index in [0.717, 1.165) is 38.9 Å². The SMILES string of the molecule is CCCN(C(=O)C1Cc2ccccc2C1)C1CNC1. The first kappa shape index (κ1) is 12.7. The molecule has 1 fully saturated rings. The van der Waals surface area contributed by atoms with Gasteiger partial charge < -0.3 is 10.2 Å². The molecule has 1 aromatic rings. The van der Waals surface area contributed by atoms with Crippen LogP contribution in [0, 0.1) is 5.92 Å².